The maximum Gasteiger partial charge on any atom is 0.319 e. The Morgan fingerprint density at radius 3 is 2.27 bits per heavy atom. The fraction of sp³-hybridized carbons (Fsp3) is 0.300. The maximum atomic E-state index is 12.2. The molecule has 134 valence electrons. The third kappa shape index (κ3) is 4.39. The van der Waals surface area contributed by atoms with E-state index < -0.39 is 18.2 Å². The summed E-state index contributed by atoms with van der Waals surface area (Å²) in [5.41, 5.74) is 1.37. The van der Waals surface area contributed by atoms with Crippen LogP contribution in [-0.2, 0) is 14.3 Å². The molecule has 0 aromatic heterocycles. The zero-order valence-corrected chi connectivity index (χ0v) is 14.4. The van der Waals surface area contributed by atoms with Crippen molar-refractivity contribution in [2.45, 2.75) is 13.2 Å². The molecule has 6 nitrogen and oxygen atoms in total. The number of carbonyl (C=O) groups is 1. The van der Waals surface area contributed by atoms with E-state index in [9.17, 15) is 4.79 Å². The minimum atomic E-state index is -0.510. The van der Waals surface area contributed by atoms with Gasteiger partial charge in [0.1, 0.15) is 17.4 Å². The average Bonchev–Trinajstić information content (AvgIpc) is 2.69. The Balaban J connectivity index is 1.52. The highest BCUT2D eigenvalue weighted by atomic mass is 16.7. The summed E-state index contributed by atoms with van der Waals surface area (Å²) in [6, 6.07) is 15.9. The Hall–Kier alpha value is -2.88. The number of ether oxygens (including phenoxy) is 4. The van der Waals surface area contributed by atoms with Crippen molar-refractivity contribution in [2.75, 3.05) is 19.8 Å². The van der Waals surface area contributed by atoms with Crippen LogP contribution in [0.2, 0.25) is 0 Å². The van der Waals surface area contributed by atoms with Crippen molar-refractivity contribution in [3.8, 4) is 17.6 Å². The third-order valence-corrected chi connectivity index (χ3v) is 3.90. The summed E-state index contributed by atoms with van der Waals surface area (Å²) in [6.45, 7) is 2.97. The van der Waals surface area contributed by atoms with Crippen LogP contribution in [0.15, 0.2) is 48.5 Å². The molecule has 0 amide bonds. The minimum absolute atomic E-state index is 0.215. The van der Waals surface area contributed by atoms with Gasteiger partial charge in [-0.3, -0.25) is 4.79 Å². The fourth-order valence-corrected chi connectivity index (χ4v) is 2.52. The standard InChI is InChI=1S/C20H19NO5/c1-2-23-17-9-5-15(6-10-17)20-24-12-16(13-25-20)19(22)26-18-7-3-14(11-21)4-8-18/h3-10,16,20H,2,12-13H2,1H3/t16-,20-. The molecule has 26 heavy (non-hydrogen) atoms. The lowest BCUT2D eigenvalue weighted by molar-refractivity contribution is -0.210. The first kappa shape index (κ1) is 17.9. The predicted octanol–water partition coefficient (Wildman–Crippen LogP) is 3.22. The van der Waals surface area contributed by atoms with Crippen molar-refractivity contribution in [3.05, 3.63) is 59.7 Å². The van der Waals surface area contributed by atoms with E-state index in [1.54, 1.807) is 24.3 Å². The van der Waals surface area contributed by atoms with Crippen molar-refractivity contribution in [1.29, 1.82) is 5.26 Å². The topological polar surface area (TPSA) is 77.8 Å². The number of carbonyl (C=O) groups excluding carboxylic acids is 1. The van der Waals surface area contributed by atoms with Gasteiger partial charge in [0.05, 0.1) is 31.5 Å². The molecule has 0 N–H and O–H groups in total. The molecule has 1 aliphatic heterocycles. The summed E-state index contributed by atoms with van der Waals surface area (Å²) < 4.78 is 22.0. The molecule has 2 aromatic carbocycles. The van der Waals surface area contributed by atoms with Gasteiger partial charge in [0.2, 0.25) is 0 Å². The molecule has 0 atom stereocenters. The van der Waals surface area contributed by atoms with Crippen molar-refractivity contribution >= 4 is 5.97 Å². The van der Waals surface area contributed by atoms with Crippen LogP contribution in [0.3, 0.4) is 0 Å². The number of esters is 1. The van der Waals surface area contributed by atoms with Crippen molar-refractivity contribution in [1.82, 2.24) is 0 Å². The van der Waals surface area contributed by atoms with Crippen LogP contribution in [0.25, 0.3) is 0 Å². The van der Waals surface area contributed by atoms with E-state index in [0.29, 0.717) is 17.9 Å². The minimum Gasteiger partial charge on any atom is -0.494 e. The Morgan fingerprint density at radius 1 is 1.08 bits per heavy atom. The molecule has 0 radical (unpaired) electrons. The van der Waals surface area contributed by atoms with Crippen LogP contribution < -0.4 is 9.47 Å². The average molecular weight is 353 g/mol. The van der Waals surface area contributed by atoms with Gasteiger partial charge >= 0.3 is 5.97 Å². The molecule has 0 aliphatic carbocycles. The zero-order valence-electron chi connectivity index (χ0n) is 14.4. The quantitative estimate of drug-likeness (QED) is 0.607. The SMILES string of the molecule is CCOc1ccc([C@H]2OC[C@H](C(=O)Oc3ccc(C#N)cc3)CO2)cc1. The van der Waals surface area contributed by atoms with Crippen LogP contribution in [0.4, 0.5) is 0 Å². The largest absolute Gasteiger partial charge is 0.494 e. The molecule has 1 saturated heterocycles. The molecule has 0 saturated carbocycles. The summed E-state index contributed by atoms with van der Waals surface area (Å²) in [5.74, 6) is 0.267. The van der Waals surface area contributed by atoms with Crippen LogP contribution in [-0.4, -0.2) is 25.8 Å². The van der Waals surface area contributed by atoms with E-state index in [0.717, 1.165) is 11.3 Å². The fourth-order valence-electron chi connectivity index (χ4n) is 2.52. The van der Waals surface area contributed by atoms with Crippen LogP contribution in [0.5, 0.6) is 11.5 Å². The highest BCUT2D eigenvalue weighted by Crippen LogP contribution is 2.27. The van der Waals surface area contributed by atoms with Crippen molar-refractivity contribution in [3.63, 3.8) is 0 Å². The highest BCUT2D eigenvalue weighted by molar-refractivity contribution is 5.75. The molecular formula is C20H19NO5. The van der Waals surface area contributed by atoms with Gasteiger partial charge in [-0.05, 0) is 43.3 Å². The molecule has 6 heteroatoms. The van der Waals surface area contributed by atoms with Gasteiger partial charge in [0.15, 0.2) is 6.29 Å². The Morgan fingerprint density at radius 2 is 1.69 bits per heavy atom. The van der Waals surface area contributed by atoms with Gasteiger partial charge < -0.3 is 18.9 Å². The monoisotopic (exact) mass is 353 g/mol. The van der Waals surface area contributed by atoms with E-state index >= 15 is 0 Å². The van der Waals surface area contributed by atoms with Crippen molar-refractivity contribution < 1.29 is 23.7 Å². The molecule has 0 spiro atoms. The van der Waals surface area contributed by atoms with Gasteiger partial charge in [-0.2, -0.15) is 5.26 Å². The predicted molar refractivity (Wildman–Crippen MR) is 92.5 cm³/mol. The normalized spacial score (nSPS) is 19.4. The summed E-state index contributed by atoms with van der Waals surface area (Å²) >= 11 is 0. The third-order valence-electron chi connectivity index (χ3n) is 3.90. The molecule has 1 aliphatic rings. The second-order valence-corrected chi connectivity index (χ2v) is 5.75. The van der Waals surface area contributed by atoms with Crippen LogP contribution in [0, 0.1) is 17.2 Å². The summed E-state index contributed by atoms with van der Waals surface area (Å²) in [4.78, 5) is 12.2. The summed E-state index contributed by atoms with van der Waals surface area (Å²) in [6.07, 6.45) is -0.510. The Labute approximate surface area is 151 Å². The maximum absolute atomic E-state index is 12.2. The molecular weight excluding hydrogens is 334 g/mol. The van der Waals surface area contributed by atoms with Crippen molar-refractivity contribution in [2.24, 2.45) is 5.92 Å². The Bertz CT molecular complexity index is 771. The van der Waals surface area contributed by atoms with Crippen LogP contribution >= 0.6 is 0 Å². The van der Waals surface area contributed by atoms with Gasteiger partial charge in [-0.25, -0.2) is 0 Å². The first-order valence-corrected chi connectivity index (χ1v) is 8.37. The zero-order chi connectivity index (χ0) is 18.4. The van der Waals surface area contributed by atoms with Gasteiger partial charge in [-0.1, -0.05) is 12.1 Å². The molecule has 3 rings (SSSR count). The van der Waals surface area contributed by atoms with E-state index in [4.69, 9.17) is 24.2 Å². The second kappa shape index (κ2) is 8.48. The molecule has 0 bridgehead atoms. The first-order chi connectivity index (χ1) is 12.7. The number of benzene rings is 2. The molecule has 2 aromatic rings. The number of nitriles is 1. The lowest BCUT2D eigenvalue weighted by Crippen LogP contribution is -2.35. The van der Waals surface area contributed by atoms with E-state index in [2.05, 4.69) is 0 Å². The van der Waals surface area contributed by atoms with Crippen LogP contribution in [0.1, 0.15) is 24.3 Å². The lowest BCUT2D eigenvalue weighted by Gasteiger charge is -2.28. The van der Waals surface area contributed by atoms with Gasteiger partial charge in [0, 0.05) is 5.56 Å². The van der Waals surface area contributed by atoms with Gasteiger partial charge in [-0.15, -0.1) is 0 Å². The lowest BCUT2D eigenvalue weighted by atomic mass is 10.1. The number of rotatable bonds is 5. The van der Waals surface area contributed by atoms with Gasteiger partial charge in [0.25, 0.3) is 0 Å². The Kier molecular flexibility index (Phi) is 5.84. The molecule has 1 heterocycles. The first-order valence-electron chi connectivity index (χ1n) is 8.37. The highest BCUT2D eigenvalue weighted by Gasteiger charge is 2.30. The number of nitrogens with zero attached hydrogens (tertiary/aromatic N) is 1. The van der Waals surface area contributed by atoms with E-state index in [1.165, 1.54) is 0 Å². The summed E-state index contributed by atoms with van der Waals surface area (Å²) in [5, 5.41) is 8.78. The molecule has 0 unspecified atom stereocenters. The number of hydrogen-bond donors (Lipinski definition) is 0. The summed E-state index contributed by atoms with van der Waals surface area (Å²) in [7, 11) is 0. The van der Waals surface area contributed by atoms with E-state index in [1.807, 2.05) is 37.3 Å². The second-order valence-electron chi connectivity index (χ2n) is 5.75. The molecule has 1 fully saturated rings. The smallest absolute Gasteiger partial charge is 0.319 e. The van der Waals surface area contributed by atoms with E-state index in [-0.39, 0.29) is 13.2 Å². The number of hydrogen-bond acceptors (Lipinski definition) is 6.